The van der Waals surface area contributed by atoms with Crippen molar-refractivity contribution in [3.63, 3.8) is 0 Å². The Morgan fingerprint density at radius 1 is 1.32 bits per heavy atom. The summed E-state index contributed by atoms with van der Waals surface area (Å²) < 4.78 is 5.02. The van der Waals surface area contributed by atoms with Crippen LogP contribution in [0.15, 0.2) is 10.6 Å². The van der Waals surface area contributed by atoms with Crippen molar-refractivity contribution in [1.82, 2.24) is 15.1 Å². The monoisotopic (exact) mass is 261 g/mol. The lowest BCUT2D eigenvalue weighted by Gasteiger charge is -2.10. The summed E-state index contributed by atoms with van der Waals surface area (Å²) >= 11 is 0. The van der Waals surface area contributed by atoms with Crippen LogP contribution in [0.5, 0.6) is 0 Å². The van der Waals surface area contributed by atoms with Gasteiger partial charge in [-0.2, -0.15) is 0 Å². The molecule has 2 rings (SSSR count). The average molecular weight is 261 g/mol. The lowest BCUT2D eigenvalue weighted by atomic mass is 10.2. The normalized spacial score (nSPS) is 10.7. The topological polar surface area (TPSA) is 89.9 Å². The van der Waals surface area contributed by atoms with Crippen molar-refractivity contribution in [1.29, 1.82) is 0 Å². The Morgan fingerprint density at radius 2 is 2.11 bits per heavy atom. The van der Waals surface area contributed by atoms with Gasteiger partial charge in [-0.05, 0) is 20.3 Å². The van der Waals surface area contributed by atoms with Gasteiger partial charge in [-0.3, -0.25) is 0 Å². The molecule has 0 aliphatic rings. The largest absolute Gasteiger partial charge is 0.383 e. The third-order valence-electron chi connectivity index (χ3n) is 2.82. The maximum atomic E-state index is 5.90. The molecule has 0 saturated carbocycles. The first-order valence-electron chi connectivity index (χ1n) is 6.39. The quantitative estimate of drug-likeness (QED) is 0.857. The summed E-state index contributed by atoms with van der Waals surface area (Å²) in [6.07, 6.45) is 1.81. The Hall–Kier alpha value is -2.11. The van der Waals surface area contributed by atoms with Crippen LogP contribution in [0.25, 0.3) is 0 Å². The van der Waals surface area contributed by atoms with Crippen molar-refractivity contribution < 1.29 is 4.52 Å². The summed E-state index contributed by atoms with van der Waals surface area (Å²) in [7, 11) is 0. The first kappa shape index (κ1) is 13.3. The van der Waals surface area contributed by atoms with Gasteiger partial charge in [0.25, 0.3) is 0 Å². The van der Waals surface area contributed by atoms with Crippen LogP contribution in [0, 0.1) is 13.8 Å². The minimum absolute atomic E-state index is 0.525. The van der Waals surface area contributed by atoms with E-state index in [2.05, 4.69) is 27.4 Å². The molecular formula is C13H19N5O. The molecule has 3 N–H and O–H groups in total. The zero-order chi connectivity index (χ0) is 13.8. The first-order chi connectivity index (χ1) is 9.10. The summed E-state index contributed by atoms with van der Waals surface area (Å²) in [5.74, 6) is 2.85. The Labute approximate surface area is 112 Å². The first-order valence-corrected chi connectivity index (χ1v) is 6.39. The average Bonchev–Trinajstić information content (AvgIpc) is 2.78. The minimum Gasteiger partial charge on any atom is -0.383 e. The zero-order valence-corrected chi connectivity index (χ0v) is 11.5. The van der Waals surface area contributed by atoms with Gasteiger partial charge in [-0.15, -0.1) is 0 Å². The van der Waals surface area contributed by atoms with Gasteiger partial charge in [-0.1, -0.05) is 12.1 Å². The maximum Gasteiger partial charge on any atom is 0.135 e. The lowest BCUT2D eigenvalue weighted by molar-refractivity contribution is 0.391. The van der Waals surface area contributed by atoms with E-state index in [9.17, 15) is 0 Å². The molecule has 0 spiro atoms. The molecule has 2 aromatic rings. The smallest absolute Gasteiger partial charge is 0.135 e. The van der Waals surface area contributed by atoms with Crippen molar-refractivity contribution in [2.75, 3.05) is 11.1 Å². The van der Waals surface area contributed by atoms with Gasteiger partial charge in [0.15, 0.2) is 0 Å². The molecule has 0 atom stereocenters. The SMILES string of the molecule is CCCc1nc(N)c(C)c(NCc2cc(C)on2)n1. The predicted molar refractivity (Wildman–Crippen MR) is 73.7 cm³/mol. The summed E-state index contributed by atoms with van der Waals surface area (Å²) in [5.41, 5.74) is 7.60. The second-order valence-electron chi connectivity index (χ2n) is 4.53. The standard InChI is InChI=1S/C13H19N5O/c1-4-5-11-16-12(14)9(3)13(17-11)15-7-10-6-8(2)19-18-10/h6H,4-5,7H2,1-3H3,(H3,14,15,16,17). The van der Waals surface area contributed by atoms with E-state index in [1.54, 1.807) is 0 Å². The molecule has 102 valence electrons. The van der Waals surface area contributed by atoms with Crippen LogP contribution in [0.3, 0.4) is 0 Å². The number of nitrogens with zero attached hydrogens (tertiary/aromatic N) is 3. The number of hydrogen-bond acceptors (Lipinski definition) is 6. The fourth-order valence-corrected chi connectivity index (χ4v) is 1.77. The van der Waals surface area contributed by atoms with Crippen molar-refractivity contribution in [2.24, 2.45) is 0 Å². The maximum absolute atomic E-state index is 5.90. The number of aryl methyl sites for hydroxylation is 2. The highest BCUT2D eigenvalue weighted by Gasteiger charge is 2.09. The Balaban J connectivity index is 2.14. The number of hydrogen-bond donors (Lipinski definition) is 2. The van der Waals surface area contributed by atoms with Gasteiger partial charge in [0.2, 0.25) is 0 Å². The van der Waals surface area contributed by atoms with Gasteiger partial charge in [0.1, 0.15) is 28.9 Å². The number of nitrogen functional groups attached to an aromatic ring is 1. The van der Waals surface area contributed by atoms with Crippen molar-refractivity contribution >= 4 is 11.6 Å². The molecule has 2 heterocycles. The van der Waals surface area contributed by atoms with Crippen LogP contribution in [-0.2, 0) is 13.0 Å². The number of rotatable bonds is 5. The van der Waals surface area contributed by atoms with Gasteiger partial charge >= 0.3 is 0 Å². The fourth-order valence-electron chi connectivity index (χ4n) is 1.77. The molecule has 0 aliphatic carbocycles. The van der Waals surface area contributed by atoms with Crippen molar-refractivity contribution in [3.05, 3.63) is 28.9 Å². The number of nitrogens with one attached hydrogen (secondary N) is 1. The number of nitrogens with two attached hydrogens (primary N) is 1. The minimum atomic E-state index is 0.525. The highest BCUT2D eigenvalue weighted by atomic mass is 16.5. The van der Waals surface area contributed by atoms with Crippen molar-refractivity contribution in [2.45, 2.75) is 40.2 Å². The van der Waals surface area contributed by atoms with E-state index < -0.39 is 0 Å². The lowest BCUT2D eigenvalue weighted by Crippen LogP contribution is -2.09. The Kier molecular flexibility index (Phi) is 3.99. The molecule has 0 amide bonds. The van der Waals surface area contributed by atoms with Crippen LogP contribution in [-0.4, -0.2) is 15.1 Å². The van der Waals surface area contributed by atoms with Gasteiger partial charge in [-0.25, -0.2) is 9.97 Å². The van der Waals surface area contributed by atoms with Crippen LogP contribution >= 0.6 is 0 Å². The van der Waals surface area contributed by atoms with E-state index in [1.165, 1.54) is 0 Å². The third kappa shape index (κ3) is 3.21. The fraction of sp³-hybridized carbons (Fsp3) is 0.462. The summed E-state index contributed by atoms with van der Waals surface area (Å²) in [6.45, 7) is 6.41. The molecule has 6 nitrogen and oxygen atoms in total. The van der Waals surface area contributed by atoms with Crippen LogP contribution in [0.1, 0.15) is 36.2 Å². The van der Waals surface area contributed by atoms with Gasteiger partial charge in [0, 0.05) is 18.1 Å². The number of aromatic nitrogens is 3. The molecule has 19 heavy (non-hydrogen) atoms. The molecule has 0 aromatic carbocycles. The van der Waals surface area contributed by atoms with E-state index in [1.807, 2.05) is 19.9 Å². The van der Waals surface area contributed by atoms with Crippen LogP contribution < -0.4 is 11.1 Å². The Morgan fingerprint density at radius 3 is 2.74 bits per heavy atom. The third-order valence-corrected chi connectivity index (χ3v) is 2.82. The van der Waals surface area contributed by atoms with E-state index in [4.69, 9.17) is 10.3 Å². The van der Waals surface area contributed by atoms with E-state index in [-0.39, 0.29) is 0 Å². The highest BCUT2D eigenvalue weighted by Crippen LogP contribution is 2.18. The van der Waals surface area contributed by atoms with E-state index in [0.29, 0.717) is 12.4 Å². The second kappa shape index (κ2) is 5.69. The van der Waals surface area contributed by atoms with E-state index in [0.717, 1.165) is 41.5 Å². The Bertz CT molecular complexity index is 564. The summed E-state index contributed by atoms with van der Waals surface area (Å²) in [6, 6.07) is 1.89. The molecule has 0 saturated heterocycles. The number of anilines is 2. The summed E-state index contributed by atoms with van der Waals surface area (Å²) in [4.78, 5) is 8.76. The molecule has 0 unspecified atom stereocenters. The van der Waals surface area contributed by atoms with Gasteiger partial charge in [0.05, 0.1) is 6.54 Å². The zero-order valence-electron chi connectivity index (χ0n) is 11.5. The molecule has 0 radical (unpaired) electrons. The molecule has 0 bridgehead atoms. The molecule has 0 fully saturated rings. The van der Waals surface area contributed by atoms with Crippen LogP contribution in [0.2, 0.25) is 0 Å². The molecule has 2 aromatic heterocycles. The molecule has 6 heteroatoms. The molecular weight excluding hydrogens is 242 g/mol. The highest BCUT2D eigenvalue weighted by molar-refractivity contribution is 5.54. The van der Waals surface area contributed by atoms with Crippen LogP contribution in [0.4, 0.5) is 11.6 Å². The second-order valence-corrected chi connectivity index (χ2v) is 4.53. The predicted octanol–water partition coefficient (Wildman–Crippen LogP) is 2.23. The van der Waals surface area contributed by atoms with Gasteiger partial charge < -0.3 is 15.6 Å². The summed E-state index contributed by atoms with van der Waals surface area (Å²) in [5, 5.41) is 7.16. The van der Waals surface area contributed by atoms with Crippen molar-refractivity contribution in [3.8, 4) is 0 Å². The molecule has 0 aliphatic heterocycles. The van der Waals surface area contributed by atoms with E-state index >= 15 is 0 Å².